The summed E-state index contributed by atoms with van der Waals surface area (Å²) in [6, 6.07) is 11.5. The molecule has 2 heterocycles. The molecule has 0 atom stereocenters. The predicted octanol–water partition coefficient (Wildman–Crippen LogP) is 3.34. The number of benzene rings is 2. The number of hydrogen-bond donors (Lipinski definition) is 0. The van der Waals surface area contributed by atoms with Gasteiger partial charge >= 0.3 is 5.91 Å². The van der Waals surface area contributed by atoms with Crippen molar-refractivity contribution in [2.75, 3.05) is 44.2 Å². The van der Waals surface area contributed by atoms with Crippen LogP contribution in [0.1, 0.15) is 21.7 Å². The van der Waals surface area contributed by atoms with Gasteiger partial charge in [0, 0.05) is 56.2 Å². The average Bonchev–Trinajstić information content (AvgIpc) is 3.29. The summed E-state index contributed by atoms with van der Waals surface area (Å²) in [5.41, 5.74) is 1.25. The quantitative estimate of drug-likeness (QED) is 0.390. The SMILES string of the molecule is O=C(N=[N+]=NCCN1CCN(c2nc(Cc3ccc(F)cc3)ns2)CC1)c1ccc(F)cc1. The fraction of sp³-hybridized carbons (Fsp3) is 0.318. The zero-order valence-electron chi connectivity index (χ0n) is 17.8. The second-order valence-electron chi connectivity index (χ2n) is 7.49. The first-order valence-electron chi connectivity index (χ1n) is 10.5. The lowest BCUT2D eigenvalue weighted by Crippen LogP contribution is -2.47. The van der Waals surface area contributed by atoms with Gasteiger partial charge in [0.05, 0.1) is 0 Å². The monoisotopic (exact) mass is 470 g/mol. The highest BCUT2D eigenvalue weighted by Gasteiger charge is 2.20. The normalized spacial score (nSPS) is 14.1. The molecule has 1 aromatic heterocycles. The molecule has 0 radical (unpaired) electrons. The first-order valence-corrected chi connectivity index (χ1v) is 11.3. The van der Waals surface area contributed by atoms with Gasteiger partial charge in [0.25, 0.3) is 0 Å². The van der Waals surface area contributed by atoms with Crippen molar-refractivity contribution in [3.8, 4) is 0 Å². The smallest absolute Gasteiger partial charge is 0.344 e. The maximum Gasteiger partial charge on any atom is 0.360 e. The molecule has 0 unspecified atom stereocenters. The van der Waals surface area contributed by atoms with Crippen LogP contribution >= 0.6 is 11.5 Å². The number of anilines is 1. The van der Waals surface area contributed by atoms with E-state index in [2.05, 4.69) is 34.3 Å². The van der Waals surface area contributed by atoms with Crippen molar-refractivity contribution in [2.45, 2.75) is 6.42 Å². The second-order valence-corrected chi connectivity index (χ2v) is 8.22. The summed E-state index contributed by atoms with van der Waals surface area (Å²) < 4.78 is 30.4. The summed E-state index contributed by atoms with van der Waals surface area (Å²) in [5, 5.41) is 8.36. The van der Waals surface area contributed by atoms with E-state index in [0.717, 1.165) is 42.7 Å². The van der Waals surface area contributed by atoms with Crippen molar-refractivity contribution in [3.63, 3.8) is 0 Å². The van der Waals surface area contributed by atoms with E-state index in [9.17, 15) is 13.6 Å². The van der Waals surface area contributed by atoms with Gasteiger partial charge in [0.2, 0.25) is 15.2 Å². The molecule has 1 saturated heterocycles. The van der Waals surface area contributed by atoms with Gasteiger partial charge in [-0.05, 0) is 42.0 Å². The van der Waals surface area contributed by atoms with E-state index < -0.39 is 11.7 Å². The Morgan fingerprint density at radius 2 is 1.67 bits per heavy atom. The number of amides is 1. The third kappa shape index (κ3) is 6.55. The molecule has 8 nitrogen and oxygen atoms in total. The number of rotatable bonds is 7. The predicted molar refractivity (Wildman–Crippen MR) is 120 cm³/mol. The van der Waals surface area contributed by atoms with E-state index in [4.69, 9.17) is 0 Å². The van der Waals surface area contributed by atoms with Crippen LogP contribution in [0.5, 0.6) is 0 Å². The molecular weight excluding hydrogens is 448 g/mol. The lowest BCUT2D eigenvalue weighted by Gasteiger charge is -2.33. The highest BCUT2D eigenvalue weighted by Crippen LogP contribution is 2.20. The average molecular weight is 471 g/mol. The van der Waals surface area contributed by atoms with Gasteiger partial charge in [0.15, 0.2) is 0 Å². The van der Waals surface area contributed by atoms with Gasteiger partial charge in [-0.1, -0.05) is 12.1 Å². The van der Waals surface area contributed by atoms with Gasteiger partial charge in [-0.15, -0.1) is 0 Å². The van der Waals surface area contributed by atoms with Crippen molar-refractivity contribution in [1.82, 2.24) is 19.2 Å². The number of carbonyl (C=O) groups is 1. The van der Waals surface area contributed by atoms with Crippen molar-refractivity contribution >= 4 is 22.6 Å². The van der Waals surface area contributed by atoms with Crippen LogP contribution in [0.25, 0.3) is 0 Å². The fourth-order valence-electron chi connectivity index (χ4n) is 3.35. The molecule has 3 aromatic rings. The standard InChI is InChI=1S/C22H22F2N7OS/c23-18-5-1-16(2-6-18)15-20-26-22(33-28-20)31-13-11-30(12-14-31)10-9-25-29-27-21(32)17-3-7-19(24)8-4-17/h1-8H,9-15H2/q+1. The fourth-order valence-corrected chi connectivity index (χ4v) is 4.08. The van der Waals surface area contributed by atoms with Gasteiger partial charge in [-0.2, -0.15) is 4.37 Å². The molecule has 1 fully saturated rings. The molecule has 0 aliphatic carbocycles. The van der Waals surface area contributed by atoms with Crippen LogP contribution in [-0.4, -0.2) is 59.4 Å². The first kappa shape index (κ1) is 22.8. The van der Waals surface area contributed by atoms with Crippen LogP contribution in [0.15, 0.2) is 58.8 Å². The molecule has 1 aliphatic rings. The number of piperazine rings is 1. The minimum Gasteiger partial charge on any atom is -0.344 e. The number of carbonyl (C=O) groups excluding carboxylic acids is 1. The van der Waals surface area contributed by atoms with Crippen molar-refractivity contribution in [1.29, 1.82) is 0 Å². The molecule has 11 heteroatoms. The van der Waals surface area contributed by atoms with E-state index in [-0.39, 0.29) is 11.4 Å². The van der Waals surface area contributed by atoms with E-state index in [1.807, 2.05) is 0 Å². The summed E-state index contributed by atoms with van der Waals surface area (Å²) in [5.74, 6) is -0.477. The lowest BCUT2D eigenvalue weighted by atomic mass is 10.1. The number of hydrogen-bond acceptors (Lipinski definition) is 7. The lowest BCUT2D eigenvalue weighted by molar-refractivity contribution is 0.0992. The maximum absolute atomic E-state index is 13.0. The molecule has 0 spiro atoms. The Labute approximate surface area is 193 Å². The highest BCUT2D eigenvalue weighted by atomic mass is 32.1. The Hall–Kier alpha value is -3.40. The largest absolute Gasteiger partial charge is 0.360 e. The topological polar surface area (TPSA) is 88.2 Å². The van der Waals surface area contributed by atoms with Crippen LogP contribution in [0.3, 0.4) is 0 Å². The highest BCUT2D eigenvalue weighted by molar-refractivity contribution is 7.09. The summed E-state index contributed by atoms with van der Waals surface area (Å²) in [7, 11) is 0. The molecule has 170 valence electrons. The van der Waals surface area contributed by atoms with E-state index in [1.165, 1.54) is 47.9 Å². The molecular formula is C22H22F2N7OS+. The molecule has 2 aromatic carbocycles. The summed E-state index contributed by atoms with van der Waals surface area (Å²) >= 11 is 1.38. The van der Waals surface area contributed by atoms with Crippen LogP contribution in [0, 0.1) is 11.6 Å². The van der Waals surface area contributed by atoms with Crippen molar-refractivity contribution < 1.29 is 13.6 Å². The third-order valence-electron chi connectivity index (χ3n) is 5.18. The summed E-state index contributed by atoms with van der Waals surface area (Å²) in [4.78, 5) is 24.5. The van der Waals surface area contributed by atoms with Crippen LogP contribution in [0.4, 0.5) is 13.9 Å². The van der Waals surface area contributed by atoms with E-state index in [0.29, 0.717) is 19.5 Å². The Bertz CT molecular complexity index is 1140. The maximum atomic E-state index is 13.0. The Kier molecular flexibility index (Phi) is 7.56. The Morgan fingerprint density at radius 3 is 2.36 bits per heavy atom. The number of halogens is 2. The number of nitrogens with zero attached hydrogens (tertiary/aromatic N) is 7. The molecule has 0 N–H and O–H groups in total. The molecule has 0 bridgehead atoms. The molecule has 4 rings (SSSR count). The third-order valence-corrected chi connectivity index (χ3v) is 6.00. The van der Waals surface area contributed by atoms with Gasteiger partial charge in [0.1, 0.15) is 29.1 Å². The van der Waals surface area contributed by atoms with Crippen molar-refractivity contribution in [3.05, 3.63) is 77.1 Å². The van der Waals surface area contributed by atoms with E-state index >= 15 is 0 Å². The molecule has 33 heavy (non-hydrogen) atoms. The first-order chi connectivity index (χ1) is 16.1. The summed E-state index contributed by atoms with van der Waals surface area (Å²) in [6.07, 6.45) is 0.580. The molecule has 1 aliphatic heterocycles. The molecule has 0 saturated carbocycles. The van der Waals surface area contributed by atoms with Crippen LogP contribution < -0.4 is 9.81 Å². The zero-order chi connectivity index (χ0) is 23.0. The van der Waals surface area contributed by atoms with Gasteiger partial charge < -0.3 is 4.90 Å². The second kappa shape index (κ2) is 11.0. The minimum atomic E-state index is -0.553. The number of aromatic nitrogens is 2. The zero-order valence-corrected chi connectivity index (χ0v) is 18.6. The van der Waals surface area contributed by atoms with Crippen LogP contribution in [-0.2, 0) is 6.42 Å². The molecule has 1 amide bonds. The van der Waals surface area contributed by atoms with Crippen molar-refractivity contribution in [2.24, 2.45) is 10.2 Å². The summed E-state index contributed by atoms with van der Waals surface area (Å²) in [6.45, 7) is 4.51. The van der Waals surface area contributed by atoms with Gasteiger partial charge in [-0.25, -0.2) is 13.8 Å². The van der Waals surface area contributed by atoms with E-state index in [1.54, 1.807) is 12.1 Å². The minimum absolute atomic E-state index is 0.252. The van der Waals surface area contributed by atoms with Crippen LogP contribution in [0.2, 0.25) is 0 Å². The Balaban J connectivity index is 1.20. The van der Waals surface area contributed by atoms with Gasteiger partial charge in [-0.3, -0.25) is 9.69 Å². The Morgan fingerprint density at radius 1 is 1.00 bits per heavy atom.